The molecule has 98 valence electrons. The van der Waals surface area contributed by atoms with Crippen LogP contribution in [0.4, 0.5) is 0 Å². The third-order valence-electron chi connectivity index (χ3n) is 3.73. The van der Waals surface area contributed by atoms with Crippen LogP contribution >= 0.6 is 15.9 Å². The van der Waals surface area contributed by atoms with E-state index in [0.717, 1.165) is 28.9 Å². The molecule has 0 aliphatic rings. The van der Waals surface area contributed by atoms with Gasteiger partial charge in [-0.25, -0.2) is 9.50 Å². The highest BCUT2D eigenvalue weighted by Gasteiger charge is 2.24. The van der Waals surface area contributed by atoms with Crippen LogP contribution in [0.2, 0.25) is 0 Å². The van der Waals surface area contributed by atoms with Crippen molar-refractivity contribution in [3.8, 4) is 0 Å². The topological polar surface area (TPSA) is 30.2 Å². The highest BCUT2D eigenvalue weighted by molar-refractivity contribution is 9.10. The van der Waals surface area contributed by atoms with Crippen molar-refractivity contribution in [3.63, 3.8) is 0 Å². The Hall–Kier alpha value is -0.900. The second-order valence-electron chi connectivity index (χ2n) is 5.39. The number of nitrogens with zero attached hydrogens (tertiary/aromatic N) is 3. The molecule has 2 aromatic rings. The van der Waals surface area contributed by atoms with Crippen LogP contribution in [-0.2, 0) is 11.8 Å². The van der Waals surface area contributed by atoms with Crippen molar-refractivity contribution < 1.29 is 0 Å². The van der Waals surface area contributed by atoms with E-state index in [-0.39, 0.29) is 5.41 Å². The van der Waals surface area contributed by atoms with Crippen molar-refractivity contribution in [2.45, 2.75) is 52.9 Å². The first kappa shape index (κ1) is 13.5. The third kappa shape index (κ3) is 2.07. The number of aromatic nitrogens is 3. The number of fused-ring (bicyclic) bond motifs is 1. The van der Waals surface area contributed by atoms with E-state index in [1.54, 1.807) is 0 Å². The molecule has 4 heteroatoms. The van der Waals surface area contributed by atoms with Crippen molar-refractivity contribution in [2.24, 2.45) is 0 Å². The molecule has 0 aliphatic carbocycles. The minimum Gasteiger partial charge on any atom is -0.211 e. The van der Waals surface area contributed by atoms with Crippen LogP contribution in [0.25, 0.3) is 5.65 Å². The summed E-state index contributed by atoms with van der Waals surface area (Å²) in [5, 5.41) is 4.66. The molecule has 0 saturated carbocycles. The zero-order valence-electron chi connectivity index (χ0n) is 11.7. The summed E-state index contributed by atoms with van der Waals surface area (Å²) in [5.41, 5.74) is 3.51. The maximum atomic E-state index is 4.67. The number of rotatable bonds is 3. The van der Waals surface area contributed by atoms with E-state index >= 15 is 0 Å². The van der Waals surface area contributed by atoms with Gasteiger partial charge in [0.15, 0.2) is 11.5 Å². The highest BCUT2D eigenvalue weighted by atomic mass is 79.9. The Morgan fingerprint density at radius 1 is 1.33 bits per heavy atom. The van der Waals surface area contributed by atoms with Gasteiger partial charge in [0, 0.05) is 5.41 Å². The summed E-state index contributed by atoms with van der Waals surface area (Å²) >= 11 is 3.66. The van der Waals surface area contributed by atoms with Gasteiger partial charge >= 0.3 is 0 Å². The van der Waals surface area contributed by atoms with Crippen LogP contribution in [0.1, 0.15) is 51.1 Å². The third-order valence-corrected chi connectivity index (χ3v) is 4.55. The second kappa shape index (κ2) is 4.65. The Kier molecular flexibility index (Phi) is 3.49. The quantitative estimate of drug-likeness (QED) is 0.801. The summed E-state index contributed by atoms with van der Waals surface area (Å²) in [6.07, 6.45) is 2.02. The molecule has 0 saturated heterocycles. The van der Waals surface area contributed by atoms with E-state index in [1.807, 2.05) is 4.52 Å². The van der Waals surface area contributed by atoms with E-state index in [1.165, 1.54) is 11.1 Å². The Balaban J connectivity index is 2.69. The van der Waals surface area contributed by atoms with Gasteiger partial charge < -0.3 is 0 Å². The molecule has 0 aromatic carbocycles. The molecule has 0 atom stereocenters. The first-order valence-electron chi connectivity index (χ1n) is 6.46. The maximum absolute atomic E-state index is 4.67. The van der Waals surface area contributed by atoms with Crippen molar-refractivity contribution >= 4 is 21.6 Å². The minimum atomic E-state index is 0.0196. The molecule has 2 rings (SSSR count). The molecule has 0 fully saturated rings. The molecule has 18 heavy (non-hydrogen) atoms. The second-order valence-corrected chi connectivity index (χ2v) is 6.14. The highest BCUT2D eigenvalue weighted by Crippen LogP contribution is 2.27. The van der Waals surface area contributed by atoms with Crippen LogP contribution in [0.15, 0.2) is 10.7 Å². The molecule has 3 nitrogen and oxygen atoms in total. The fourth-order valence-electron chi connectivity index (χ4n) is 2.00. The molecular weight excluding hydrogens is 290 g/mol. The molecule has 2 heterocycles. The van der Waals surface area contributed by atoms with Crippen LogP contribution in [0, 0.1) is 6.92 Å². The van der Waals surface area contributed by atoms with Gasteiger partial charge in [0.2, 0.25) is 0 Å². The van der Waals surface area contributed by atoms with Crippen LogP contribution in [0.3, 0.4) is 0 Å². The lowest BCUT2D eigenvalue weighted by molar-refractivity contribution is 0.472. The summed E-state index contributed by atoms with van der Waals surface area (Å²) in [5.74, 6) is 0.915. The summed E-state index contributed by atoms with van der Waals surface area (Å²) < 4.78 is 2.95. The average molecular weight is 310 g/mol. The summed E-state index contributed by atoms with van der Waals surface area (Å²) in [6, 6.07) is 2.12. The smallest absolute Gasteiger partial charge is 0.157 e. The van der Waals surface area contributed by atoms with Crippen molar-refractivity contribution in [1.82, 2.24) is 14.6 Å². The van der Waals surface area contributed by atoms with Gasteiger partial charge in [-0.3, -0.25) is 0 Å². The van der Waals surface area contributed by atoms with Crippen molar-refractivity contribution in [1.29, 1.82) is 0 Å². The Morgan fingerprint density at radius 2 is 2.00 bits per heavy atom. The Bertz CT molecular complexity index is 584. The van der Waals surface area contributed by atoms with Gasteiger partial charge in [0.25, 0.3) is 0 Å². The van der Waals surface area contributed by atoms with E-state index < -0.39 is 0 Å². The predicted octanol–water partition coefficient (Wildman–Crippen LogP) is 4.05. The minimum absolute atomic E-state index is 0.0196. The maximum Gasteiger partial charge on any atom is 0.157 e. The molecular formula is C14H20BrN3. The number of hydrogen-bond acceptors (Lipinski definition) is 2. The van der Waals surface area contributed by atoms with Crippen molar-refractivity contribution in [3.05, 3.63) is 27.6 Å². The van der Waals surface area contributed by atoms with Gasteiger partial charge in [-0.1, -0.05) is 27.7 Å². The molecule has 0 unspecified atom stereocenters. The lowest BCUT2D eigenvalue weighted by atomic mass is 9.90. The van der Waals surface area contributed by atoms with Crippen molar-refractivity contribution in [2.75, 3.05) is 0 Å². The number of halogens is 1. The Labute approximate surface area is 117 Å². The van der Waals surface area contributed by atoms with Crippen LogP contribution in [0.5, 0.6) is 0 Å². The normalized spacial score (nSPS) is 12.3. The zero-order valence-corrected chi connectivity index (χ0v) is 13.3. The molecule has 0 radical (unpaired) electrons. The lowest BCUT2D eigenvalue weighted by Crippen LogP contribution is -2.17. The van der Waals surface area contributed by atoms with Gasteiger partial charge in [0.1, 0.15) is 4.60 Å². The number of hydrogen-bond donors (Lipinski definition) is 0. The summed E-state index contributed by atoms with van der Waals surface area (Å²) in [4.78, 5) is 4.67. The molecule has 0 N–H and O–H groups in total. The molecule has 2 aromatic heterocycles. The summed E-state index contributed by atoms with van der Waals surface area (Å²) in [6.45, 7) is 10.8. The van der Waals surface area contributed by atoms with Gasteiger partial charge in [-0.15, -0.1) is 5.10 Å². The fourth-order valence-corrected chi connectivity index (χ4v) is 2.86. The SMILES string of the molecule is CCc1c(C)cc2nc(C(C)(C)CC)nn2c1Br. The van der Waals surface area contributed by atoms with E-state index in [2.05, 4.69) is 66.7 Å². The lowest BCUT2D eigenvalue weighted by Gasteiger charge is -2.17. The Morgan fingerprint density at radius 3 is 2.56 bits per heavy atom. The zero-order chi connectivity index (χ0) is 13.5. The van der Waals surface area contributed by atoms with Gasteiger partial charge in [-0.05, 0) is 52.9 Å². The largest absolute Gasteiger partial charge is 0.211 e. The van der Waals surface area contributed by atoms with E-state index in [0.29, 0.717) is 0 Å². The standard InChI is InChI=1S/C14H20BrN3/c1-6-10-9(3)8-11-16-13(14(4,5)7-2)17-18(11)12(10)15/h8H,6-7H2,1-5H3. The first-order chi connectivity index (χ1) is 8.40. The van der Waals surface area contributed by atoms with Crippen LogP contribution < -0.4 is 0 Å². The molecule has 0 amide bonds. The van der Waals surface area contributed by atoms with Crippen LogP contribution in [-0.4, -0.2) is 14.6 Å². The van der Waals surface area contributed by atoms with E-state index in [9.17, 15) is 0 Å². The monoisotopic (exact) mass is 309 g/mol. The number of aryl methyl sites for hydroxylation is 1. The van der Waals surface area contributed by atoms with Gasteiger partial charge in [0.05, 0.1) is 0 Å². The number of pyridine rings is 1. The summed E-state index contributed by atoms with van der Waals surface area (Å²) in [7, 11) is 0. The fraction of sp³-hybridized carbons (Fsp3) is 0.571. The molecule has 0 aliphatic heterocycles. The molecule has 0 spiro atoms. The average Bonchev–Trinajstić information content (AvgIpc) is 2.74. The van der Waals surface area contributed by atoms with E-state index in [4.69, 9.17) is 0 Å². The predicted molar refractivity (Wildman–Crippen MR) is 78.1 cm³/mol. The first-order valence-corrected chi connectivity index (χ1v) is 7.25. The molecule has 0 bridgehead atoms. The van der Waals surface area contributed by atoms with Gasteiger partial charge in [-0.2, -0.15) is 0 Å².